The van der Waals surface area contributed by atoms with E-state index in [4.69, 9.17) is 76.8 Å². The smallest absolute Gasteiger partial charge is 0.421 e. The first-order valence-corrected chi connectivity index (χ1v) is 37.2. The number of carbonyl (C=O) groups excluding carboxylic acids is 3. The maximum Gasteiger partial charge on any atom is 0.421 e. The number of anilines is 11. The van der Waals surface area contributed by atoms with Crippen molar-refractivity contribution in [1.29, 1.82) is 0 Å². The molecule has 32 nitrogen and oxygen atoms in total. The van der Waals surface area contributed by atoms with Gasteiger partial charge in [-0.3, -0.25) is 9.59 Å². The number of likely N-dealkylation sites (tertiary alicyclic amines) is 1. The van der Waals surface area contributed by atoms with E-state index < -0.39 is 116 Å². The molecule has 0 saturated carbocycles. The summed E-state index contributed by atoms with van der Waals surface area (Å²) >= 11 is 12.4. The molecule has 4 aromatic carbocycles. The number of hydrogen-bond acceptors (Lipinski definition) is 28. The average molecular weight is 1760 g/mol. The largest absolute Gasteiger partial charge is 0.496 e. The lowest BCUT2D eigenvalue weighted by atomic mass is 9.97. The van der Waals surface area contributed by atoms with E-state index in [1.165, 1.54) is 60.9 Å². The summed E-state index contributed by atoms with van der Waals surface area (Å²) in [6, 6.07) is 10.1. The van der Waals surface area contributed by atoms with Crippen LogP contribution in [0, 0.1) is 6.92 Å². The second-order valence-electron chi connectivity index (χ2n) is 25.6. The Morgan fingerprint density at radius 2 is 0.934 bits per heavy atom. The van der Waals surface area contributed by atoms with Gasteiger partial charge in [-0.15, -0.1) is 0 Å². The third-order valence-corrected chi connectivity index (χ3v) is 18.7. The summed E-state index contributed by atoms with van der Waals surface area (Å²) in [6.07, 6.45) is -8.99. The predicted molar refractivity (Wildman–Crippen MR) is 424 cm³/mol. The van der Waals surface area contributed by atoms with E-state index >= 15 is 0 Å². The molecule has 4 saturated heterocycles. The zero-order valence-electron chi connectivity index (χ0n) is 73.8. The fraction of sp³-hybridized carbons (Fsp3) is 0.434. The highest BCUT2D eigenvalue weighted by Crippen LogP contribution is 2.45. The number of rotatable bonds is 27. The Kier molecular flexibility index (Phi) is 27.6. The van der Waals surface area contributed by atoms with Crippen molar-refractivity contribution in [2.75, 3.05) is 199 Å². The lowest BCUT2D eigenvalue weighted by molar-refractivity contribution is -0.138. The number of alkyl halides is 11. The van der Waals surface area contributed by atoms with Crippen molar-refractivity contribution in [2.45, 2.75) is 57.3 Å². The van der Waals surface area contributed by atoms with Crippen molar-refractivity contribution in [3.05, 3.63) is 128 Å². The van der Waals surface area contributed by atoms with Gasteiger partial charge in [-0.1, -0.05) is 23.2 Å². The van der Waals surface area contributed by atoms with Crippen LogP contribution >= 0.6 is 23.2 Å². The van der Waals surface area contributed by atoms with Gasteiger partial charge in [-0.05, 0) is 68.1 Å². The van der Waals surface area contributed by atoms with E-state index in [1.807, 2.05) is 0 Å². The Morgan fingerprint density at radius 3 is 1.43 bits per heavy atom. The van der Waals surface area contributed by atoms with Crippen molar-refractivity contribution in [1.82, 2.24) is 59.5 Å². The Balaban J connectivity index is 0.000000212. The second-order valence-corrected chi connectivity index (χ2v) is 26.4. The highest BCUT2D eigenvalue weighted by atomic mass is 35.5. The first kappa shape index (κ1) is 80.4. The number of ether oxygens (including phenoxy) is 10. The number of benzene rings is 4. The Hall–Kier alpha value is -11.7. The minimum absolute atomic E-state index is 0.0778. The highest BCUT2D eigenvalue weighted by molar-refractivity contribution is 6.34. The number of nitrogens with zero attached hydrogens (tertiary/aromatic N) is 12. The molecule has 12 rings (SSSR count). The highest BCUT2D eigenvalue weighted by Gasteiger charge is 2.42. The minimum atomic E-state index is -4.74. The number of urea groups is 1. The molecule has 121 heavy (non-hydrogen) atoms. The van der Waals surface area contributed by atoms with E-state index in [0.29, 0.717) is 65.6 Å². The molecule has 0 radical (unpaired) electrons. The molecule has 0 spiro atoms. The van der Waals surface area contributed by atoms with E-state index in [-0.39, 0.29) is 161 Å². The number of morpholine rings is 3. The summed E-state index contributed by atoms with van der Waals surface area (Å²) in [5.74, 6) is -2.44. The van der Waals surface area contributed by atoms with Crippen molar-refractivity contribution in [3.63, 3.8) is 0 Å². The molecule has 2 unspecified atom stereocenters. The first-order chi connectivity index (χ1) is 60.9. The summed E-state index contributed by atoms with van der Waals surface area (Å²) in [7, 11) is 9.54. The van der Waals surface area contributed by atoms with Crippen molar-refractivity contribution < 1.29 is 121 Å². The van der Waals surface area contributed by atoms with Gasteiger partial charge in [-0.2, -0.15) is 59.4 Å². The van der Waals surface area contributed by atoms with Gasteiger partial charge in [0.25, 0.3) is 11.8 Å². The van der Waals surface area contributed by atoms with Crippen LogP contribution in [-0.2, 0) is 32.7 Å². The molecule has 4 amide bonds. The van der Waals surface area contributed by atoms with Gasteiger partial charge in [0.2, 0.25) is 29.7 Å². The van der Waals surface area contributed by atoms with Crippen LogP contribution in [0.2, 0.25) is 10.0 Å². The van der Waals surface area contributed by atoms with E-state index in [1.54, 1.807) is 52.8 Å². The molecule has 0 aliphatic carbocycles. The fourth-order valence-electron chi connectivity index (χ4n) is 12.5. The standard InChI is InChI=1S/C37H42ClF4N9O7.C20H23F4N5O3.C19H21ClF3N5O3/c1-20-12-25(46-34-44-16-23(37(40,41)42)32(43-2)48-34)31(58-9-6-39)13-21(20)27-18-56-10-7-50(27)36(52)51-8-11-57-19-28(51)22-14-30(54-4)26(15-29(22)53-3)47-35-45-17-24(38)33(49-35)55-5;1-25-17-13(20(22,23)24)11-26-19(28-17)27-14-10-15(31-2)12(9-16(14)32-8-5-21)18(30)29-6-3-4-7-29;1-3-24-16-12(19(21,22)23)10-25-18(27-16)26-14-9-15(30-2)11(8-13(14)20)17(29)28-4-6-31-7-5-28/h12-17,27-28H,6-11,18-19H2,1-5H3,(H,45,47,49)(H2,43,44,46,48);9-11H,3-8H2,1-2H3,(H2,25,26,27,28);8-10H,3-7H2,1-2H3,(H2,24,25,26,27)/i;;4D2,5D2,6D2,7D2. The zero-order chi connectivity index (χ0) is 94.6. The van der Waals surface area contributed by atoms with Crippen LogP contribution in [0.25, 0.3) is 0 Å². The van der Waals surface area contributed by atoms with Gasteiger partial charge in [0.15, 0.2) is 0 Å². The molecule has 0 bridgehead atoms. The molecule has 4 aliphatic heterocycles. The number of hydrogen-bond donors (Lipinski definition) is 7. The number of aromatic nitrogens is 8. The monoisotopic (exact) mass is 1760 g/mol. The Bertz CT molecular complexity index is 5320. The van der Waals surface area contributed by atoms with Gasteiger partial charge >= 0.3 is 24.6 Å². The molecule has 2 atom stereocenters. The number of carbonyl (C=O) groups is 3. The van der Waals surface area contributed by atoms with Gasteiger partial charge in [-0.25, -0.2) is 33.5 Å². The van der Waals surface area contributed by atoms with Crippen molar-refractivity contribution in [2.24, 2.45) is 0 Å². The molecular formula is C76H86Cl2F11N19O13. The average Bonchev–Trinajstić information content (AvgIpc) is 0.882. The van der Waals surface area contributed by atoms with Gasteiger partial charge in [0.1, 0.15) is 100 Å². The summed E-state index contributed by atoms with van der Waals surface area (Å²) < 4.78 is 264. The predicted octanol–water partition coefficient (Wildman–Crippen LogP) is 14.4. The second kappa shape index (κ2) is 41.5. The van der Waals surface area contributed by atoms with Crippen LogP contribution in [0.5, 0.6) is 40.4 Å². The summed E-state index contributed by atoms with van der Waals surface area (Å²) in [6.45, 7) is -10.1. The van der Waals surface area contributed by atoms with Gasteiger partial charge in [0.05, 0.1) is 143 Å². The molecular weight excluding hydrogens is 1670 g/mol. The van der Waals surface area contributed by atoms with Crippen LogP contribution in [0.3, 0.4) is 0 Å². The molecule has 7 N–H and O–H groups in total. The molecule has 4 fully saturated rings. The molecule has 45 heteroatoms. The van der Waals surface area contributed by atoms with Crippen LogP contribution < -0.4 is 70.4 Å². The number of halogens is 13. The van der Waals surface area contributed by atoms with E-state index in [9.17, 15) is 62.7 Å². The maximum atomic E-state index is 14.7. The lowest BCUT2D eigenvalue weighted by Crippen LogP contribution is -2.53. The molecule has 654 valence electrons. The molecule has 8 heterocycles. The van der Waals surface area contributed by atoms with Crippen molar-refractivity contribution in [3.8, 4) is 40.4 Å². The quantitative estimate of drug-likeness (QED) is 0.0235. The van der Waals surface area contributed by atoms with Crippen LogP contribution in [0.1, 0.15) is 96.9 Å². The SMILES string of the molecule is CNc1nc(Nc2cc(C)c(C3COCCN3C(=O)N3CCOCC3c3cc(OC)c(Nc4ncc(Cl)c(OC)n4)cc3OC)cc2OCCF)ncc1C(F)(F)F.CNc1nc(Nc2cc(OC)c(C(=O)N3CCCC3)cc2OCCF)ncc1C(F)(F)F.[2H]C1([2H])OC([2H])([2H])C([2H])([2H])N(C(=O)c2cc(Cl)c(Nc3ncc(C(F)(F)F)c(NCC)n3)cc2OC)C1([2H])[2H]. The Labute approximate surface area is 707 Å². The number of aryl methyl sites for hydroxylation is 1. The maximum absolute atomic E-state index is 14.7. The number of methoxy groups -OCH3 is 5. The third-order valence-electron chi connectivity index (χ3n) is 18.1. The Morgan fingerprint density at radius 1 is 0.504 bits per heavy atom. The summed E-state index contributed by atoms with van der Waals surface area (Å²) in [5, 5.41) is 18.6. The van der Waals surface area contributed by atoms with Gasteiger partial charge < -0.3 is 104 Å². The van der Waals surface area contributed by atoms with Crippen LogP contribution in [0.4, 0.5) is 117 Å². The zero-order valence-corrected chi connectivity index (χ0v) is 67.3. The van der Waals surface area contributed by atoms with Crippen LogP contribution in [-0.4, -0.2) is 239 Å². The molecule has 4 aromatic heterocycles. The third kappa shape index (κ3) is 22.7. The fourth-order valence-corrected chi connectivity index (χ4v) is 12.9. The van der Waals surface area contributed by atoms with Crippen LogP contribution in [0.15, 0.2) is 73.3 Å². The number of amides is 4. The van der Waals surface area contributed by atoms with E-state index in [2.05, 4.69) is 81.8 Å². The molecule has 4 aliphatic rings. The van der Waals surface area contributed by atoms with Gasteiger partial charge in [0, 0.05) is 102 Å². The minimum Gasteiger partial charge on any atom is -0.496 e. The summed E-state index contributed by atoms with van der Waals surface area (Å²) in [5.41, 5.74) is -0.703. The van der Waals surface area contributed by atoms with Crippen molar-refractivity contribution >= 4 is 105 Å². The van der Waals surface area contributed by atoms with E-state index in [0.717, 1.165) is 32.1 Å². The first-order valence-electron chi connectivity index (χ1n) is 40.4. The molecule has 8 aromatic rings. The number of nitrogens with one attached hydrogen (secondary N) is 7. The topological polar surface area (TPSA) is 344 Å². The summed E-state index contributed by atoms with van der Waals surface area (Å²) in [4.78, 5) is 77.2. The normalized spacial score (nSPS) is 18.1. The lowest BCUT2D eigenvalue weighted by Gasteiger charge is -2.43.